The van der Waals surface area contributed by atoms with Crippen LogP contribution in [0.3, 0.4) is 0 Å². The topological polar surface area (TPSA) is 87.6 Å². The van der Waals surface area contributed by atoms with Crippen molar-refractivity contribution in [3.05, 3.63) is 46.9 Å². The maximum absolute atomic E-state index is 11.0. The number of nitrogen functional groups attached to an aromatic ring is 1. The number of hydrogen-bond donors (Lipinski definition) is 3. The zero-order valence-corrected chi connectivity index (χ0v) is 10.9. The highest BCUT2D eigenvalue weighted by atomic mass is 16.1. The summed E-state index contributed by atoms with van der Waals surface area (Å²) < 4.78 is 0. The molecule has 19 heavy (non-hydrogen) atoms. The van der Waals surface area contributed by atoms with Gasteiger partial charge in [0.25, 0.3) is 0 Å². The Morgan fingerprint density at radius 1 is 1.16 bits per heavy atom. The third kappa shape index (κ3) is 2.49. The minimum atomic E-state index is -0.131. The summed E-state index contributed by atoms with van der Waals surface area (Å²) in [7, 11) is 0. The Labute approximate surface area is 110 Å². The first kappa shape index (κ1) is 12.9. The Bertz CT molecular complexity index is 722. The number of benzene rings is 1. The smallest absolute Gasteiger partial charge is 0.247 e. The lowest BCUT2D eigenvalue weighted by molar-refractivity contribution is 1.12. The molecule has 0 atom stereocenters. The Morgan fingerprint density at radius 3 is 2.63 bits per heavy atom. The molecule has 5 heteroatoms. The van der Waals surface area contributed by atoms with Crippen molar-refractivity contribution in [2.75, 3.05) is 5.73 Å². The molecule has 0 fully saturated rings. The maximum Gasteiger partial charge on any atom is 0.247 e. The number of pyridine rings is 1. The Kier molecular flexibility index (Phi) is 3.66. The molecule has 5 nitrogen and oxygen atoms in total. The van der Waals surface area contributed by atoms with E-state index in [-0.39, 0.29) is 5.56 Å². The molecule has 0 amide bonds. The highest BCUT2D eigenvalue weighted by Crippen LogP contribution is 2.26. The number of anilines is 1. The van der Waals surface area contributed by atoms with Crippen LogP contribution in [0.4, 0.5) is 5.69 Å². The molecule has 4 N–H and O–H groups in total. The first-order valence-corrected chi connectivity index (χ1v) is 6.17. The van der Waals surface area contributed by atoms with Crippen molar-refractivity contribution in [1.29, 1.82) is 0 Å². The molecular weight excluding hydrogens is 240 g/mol. The summed E-state index contributed by atoms with van der Waals surface area (Å²) in [6.07, 6.45) is 1.64. The summed E-state index contributed by atoms with van der Waals surface area (Å²) in [6, 6.07) is 8.77. The number of nitrogens with zero attached hydrogens (tertiary/aromatic N) is 1. The molecule has 2 aromatic heterocycles. The van der Waals surface area contributed by atoms with Crippen LogP contribution in [0, 0.1) is 0 Å². The quantitative estimate of drug-likeness (QED) is 0.584. The average molecular weight is 256 g/mol. The van der Waals surface area contributed by atoms with Gasteiger partial charge < -0.3 is 10.7 Å². The normalized spacial score (nSPS) is 10.0. The second-order valence-corrected chi connectivity index (χ2v) is 3.82. The summed E-state index contributed by atoms with van der Waals surface area (Å²) in [5.41, 5.74) is 8.85. The molecule has 0 aliphatic heterocycles. The number of rotatable bonds is 1. The van der Waals surface area contributed by atoms with Gasteiger partial charge in [-0.3, -0.25) is 9.89 Å². The van der Waals surface area contributed by atoms with E-state index in [1.54, 1.807) is 12.3 Å². The number of aromatic amines is 2. The standard InChI is InChI=1S/C12H10N4O.C2H6/c13-8-2-3-10-9(5-8)12(16-15-10)7-1-4-11(17)14-6-7;1-2/h1-6H,13H2,(H,14,17)(H,15,16);1-2H3. The lowest BCUT2D eigenvalue weighted by Crippen LogP contribution is -2.01. The van der Waals surface area contributed by atoms with Crippen LogP contribution in [0.25, 0.3) is 22.2 Å². The SMILES string of the molecule is CC.Nc1ccc2[nH]nc(-c3ccc(=O)[nH]c3)c2c1. The highest BCUT2D eigenvalue weighted by molar-refractivity contribution is 5.94. The summed E-state index contributed by atoms with van der Waals surface area (Å²) in [4.78, 5) is 13.6. The fourth-order valence-corrected chi connectivity index (χ4v) is 1.81. The van der Waals surface area contributed by atoms with Gasteiger partial charge in [-0.05, 0) is 24.3 Å². The van der Waals surface area contributed by atoms with E-state index in [0.29, 0.717) is 5.69 Å². The number of H-pyrrole nitrogens is 2. The fourth-order valence-electron chi connectivity index (χ4n) is 1.81. The molecule has 0 saturated carbocycles. The van der Waals surface area contributed by atoms with E-state index in [9.17, 15) is 4.79 Å². The van der Waals surface area contributed by atoms with Crippen molar-refractivity contribution >= 4 is 16.6 Å². The number of nitrogens with two attached hydrogens (primary N) is 1. The van der Waals surface area contributed by atoms with Crippen LogP contribution in [0.5, 0.6) is 0 Å². The molecule has 3 rings (SSSR count). The molecule has 0 unspecified atom stereocenters. The maximum atomic E-state index is 11.0. The van der Waals surface area contributed by atoms with Crippen molar-refractivity contribution in [3.8, 4) is 11.3 Å². The van der Waals surface area contributed by atoms with E-state index in [0.717, 1.165) is 22.2 Å². The van der Waals surface area contributed by atoms with Gasteiger partial charge in [-0.15, -0.1) is 0 Å². The van der Waals surface area contributed by atoms with Crippen LogP contribution in [-0.4, -0.2) is 15.2 Å². The van der Waals surface area contributed by atoms with E-state index in [1.807, 2.05) is 32.0 Å². The lowest BCUT2D eigenvalue weighted by atomic mass is 10.1. The average Bonchev–Trinajstić information content (AvgIpc) is 2.85. The molecule has 0 aliphatic rings. The summed E-state index contributed by atoms with van der Waals surface area (Å²) in [5.74, 6) is 0. The van der Waals surface area contributed by atoms with Crippen LogP contribution in [0.1, 0.15) is 13.8 Å². The van der Waals surface area contributed by atoms with Crippen molar-refractivity contribution < 1.29 is 0 Å². The van der Waals surface area contributed by atoms with Gasteiger partial charge in [0, 0.05) is 28.9 Å². The van der Waals surface area contributed by atoms with Gasteiger partial charge >= 0.3 is 0 Å². The van der Waals surface area contributed by atoms with Crippen LogP contribution in [0.15, 0.2) is 41.3 Å². The van der Waals surface area contributed by atoms with Crippen LogP contribution in [-0.2, 0) is 0 Å². The van der Waals surface area contributed by atoms with E-state index in [1.165, 1.54) is 6.07 Å². The number of hydrogen-bond acceptors (Lipinski definition) is 3. The van der Waals surface area contributed by atoms with E-state index in [2.05, 4.69) is 15.2 Å². The van der Waals surface area contributed by atoms with Crippen molar-refractivity contribution in [2.24, 2.45) is 0 Å². The second kappa shape index (κ2) is 5.39. The van der Waals surface area contributed by atoms with E-state index >= 15 is 0 Å². The van der Waals surface area contributed by atoms with Crippen molar-refractivity contribution in [1.82, 2.24) is 15.2 Å². The molecular formula is C14H16N4O. The van der Waals surface area contributed by atoms with Gasteiger partial charge in [-0.1, -0.05) is 13.8 Å². The van der Waals surface area contributed by atoms with E-state index in [4.69, 9.17) is 5.73 Å². The van der Waals surface area contributed by atoms with Crippen LogP contribution in [0.2, 0.25) is 0 Å². The predicted octanol–water partition coefficient (Wildman–Crippen LogP) is 2.53. The first-order chi connectivity index (χ1) is 9.24. The monoisotopic (exact) mass is 256 g/mol. The third-order valence-corrected chi connectivity index (χ3v) is 2.64. The van der Waals surface area contributed by atoms with Gasteiger partial charge in [0.2, 0.25) is 5.56 Å². The molecule has 2 heterocycles. The Hall–Kier alpha value is -2.56. The number of fused-ring (bicyclic) bond motifs is 1. The zero-order valence-electron chi connectivity index (χ0n) is 10.9. The lowest BCUT2D eigenvalue weighted by Gasteiger charge is -1.97. The summed E-state index contributed by atoms with van der Waals surface area (Å²) in [5, 5.41) is 8.11. The predicted molar refractivity (Wildman–Crippen MR) is 77.9 cm³/mol. The molecule has 0 spiro atoms. The summed E-state index contributed by atoms with van der Waals surface area (Å²) in [6.45, 7) is 4.00. The molecule has 0 aliphatic carbocycles. The molecule has 0 saturated heterocycles. The molecule has 0 radical (unpaired) electrons. The molecule has 3 aromatic rings. The van der Waals surface area contributed by atoms with Gasteiger partial charge in [0.1, 0.15) is 5.69 Å². The third-order valence-electron chi connectivity index (χ3n) is 2.64. The van der Waals surface area contributed by atoms with Gasteiger partial charge in [-0.25, -0.2) is 0 Å². The minimum Gasteiger partial charge on any atom is -0.399 e. The zero-order chi connectivity index (χ0) is 13.8. The Balaban J connectivity index is 0.000000637. The van der Waals surface area contributed by atoms with Crippen LogP contribution >= 0.6 is 0 Å². The number of nitrogens with one attached hydrogen (secondary N) is 2. The minimum absolute atomic E-state index is 0.131. The van der Waals surface area contributed by atoms with Crippen molar-refractivity contribution in [2.45, 2.75) is 13.8 Å². The number of aromatic nitrogens is 3. The molecule has 0 bridgehead atoms. The van der Waals surface area contributed by atoms with Gasteiger partial charge in [0.05, 0.1) is 5.52 Å². The van der Waals surface area contributed by atoms with Gasteiger partial charge in [0.15, 0.2) is 0 Å². The first-order valence-electron chi connectivity index (χ1n) is 6.17. The van der Waals surface area contributed by atoms with E-state index < -0.39 is 0 Å². The molecule has 1 aromatic carbocycles. The van der Waals surface area contributed by atoms with Gasteiger partial charge in [-0.2, -0.15) is 5.10 Å². The summed E-state index contributed by atoms with van der Waals surface area (Å²) >= 11 is 0. The molecule has 98 valence electrons. The largest absolute Gasteiger partial charge is 0.399 e. The van der Waals surface area contributed by atoms with Crippen LogP contribution < -0.4 is 11.3 Å². The van der Waals surface area contributed by atoms with Crippen molar-refractivity contribution in [3.63, 3.8) is 0 Å². The fraction of sp³-hybridized carbons (Fsp3) is 0.143. The Morgan fingerprint density at radius 2 is 1.95 bits per heavy atom. The second-order valence-electron chi connectivity index (χ2n) is 3.82. The highest BCUT2D eigenvalue weighted by Gasteiger charge is 2.08.